The molecule has 0 amide bonds. The highest BCUT2D eigenvalue weighted by atomic mass is 35.5. The molecule has 0 aliphatic heterocycles. The Labute approximate surface area is 78.7 Å². The maximum Gasteiger partial charge on any atom is 0.0565 e. The third kappa shape index (κ3) is 1.76. The highest BCUT2D eigenvalue weighted by Crippen LogP contribution is 2.35. The van der Waals surface area contributed by atoms with Crippen molar-refractivity contribution in [3.8, 4) is 0 Å². The van der Waals surface area contributed by atoms with Crippen molar-refractivity contribution in [3.63, 3.8) is 0 Å². The van der Waals surface area contributed by atoms with Crippen molar-refractivity contribution in [3.05, 3.63) is 28.2 Å². The van der Waals surface area contributed by atoms with Gasteiger partial charge in [0.15, 0.2) is 0 Å². The summed E-state index contributed by atoms with van der Waals surface area (Å²) >= 11 is 15.5. The van der Waals surface area contributed by atoms with Crippen LogP contribution in [0.15, 0.2) is 23.1 Å². The van der Waals surface area contributed by atoms with Crippen molar-refractivity contribution in [2.24, 2.45) is 0 Å². The summed E-state index contributed by atoms with van der Waals surface area (Å²) in [4.78, 5) is 0.814. The van der Waals surface area contributed by atoms with Crippen LogP contribution in [0.25, 0.3) is 0 Å². The topological polar surface area (TPSA) is 0 Å². The molecule has 0 aliphatic carbocycles. The van der Waals surface area contributed by atoms with E-state index in [-0.39, 0.29) is 0 Å². The monoisotopic (exact) mass is 210 g/mol. The van der Waals surface area contributed by atoms with Crippen LogP contribution in [0.5, 0.6) is 0 Å². The summed E-state index contributed by atoms with van der Waals surface area (Å²) < 4.78 is 0. The van der Waals surface area contributed by atoms with Gasteiger partial charge in [0.1, 0.15) is 0 Å². The molecule has 0 fully saturated rings. The fraction of sp³-hybridized carbons (Fsp3) is 0. The molecule has 0 spiro atoms. The second-order valence-electron chi connectivity index (χ2n) is 1.64. The molecule has 54 valence electrons. The van der Waals surface area contributed by atoms with Crippen molar-refractivity contribution < 1.29 is 0 Å². The van der Waals surface area contributed by atoms with Crippen molar-refractivity contribution in [1.29, 1.82) is 0 Å². The second-order valence-corrected chi connectivity index (χ2v) is 3.60. The average molecular weight is 211 g/mol. The first-order valence-corrected chi connectivity index (χ1v) is 5.13. The van der Waals surface area contributed by atoms with Gasteiger partial charge in [0, 0.05) is 0 Å². The zero-order valence-electron chi connectivity index (χ0n) is 4.84. The summed E-state index contributed by atoms with van der Waals surface area (Å²) in [5.41, 5.74) is 0. The van der Waals surface area contributed by atoms with Crippen LogP contribution in [0.4, 0.5) is 0 Å². The third-order valence-electron chi connectivity index (χ3n) is 1.01. The van der Waals surface area contributed by atoms with Crippen LogP contribution in [-0.4, -0.2) is 0 Å². The molecule has 0 saturated carbocycles. The van der Waals surface area contributed by atoms with E-state index in [1.807, 2.05) is 0 Å². The quantitative estimate of drug-likeness (QED) is 0.542. The van der Waals surface area contributed by atoms with E-state index in [9.17, 15) is 0 Å². The van der Waals surface area contributed by atoms with Gasteiger partial charge in [-0.25, -0.2) is 0 Å². The summed E-state index contributed by atoms with van der Waals surface area (Å²) in [7, 11) is 1.25. The van der Waals surface area contributed by atoms with Gasteiger partial charge >= 0.3 is 0 Å². The molecular formula is C6H4Cl2S2. The molecule has 0 heterocycles. The Morgan fingerprint density at radius 2 is 1.70 bits per heavy atom. The average Bonchev–Trinajstić information content (AvgIpc) is 1.88. The molecule has 0 radical (unpaired) electrons. The first-order valence-electron chi connectivity index (χ1n) is 2.51. The Morgan fingerprint density at radius 3 is 2.00 bits per heavy atom. The molecule has 0 saturated heterocycles. The van der Waals surface area contributed by atoms with Gasteiger partial charge in [-0.2, -0.15) is 0 Å². The van der Waals surface area contributed by atoms with E-state index in [0.29, 0.717) is 10.0 Å². The highest BCUT2D eigenvalue weighted by molar-refractivity contribution is 8.68. The van der Waals surface area contributed by atoms with E-state index >= 15 is 0 Å². The van der Waals surface area contributed by atoms with Gasteiger partial charge in [0.25, 0.3) is 0 Å². The fourth-order valence-electron chi connectivity index (χ4n) is 0.570. The van der Waals surface area contributed by atoms with E-state index in [4.69, 9.17) is 23.2 Å². The van der Waals surface area contributed by atoms with Crippen LogP contribution in [0, 0.1) is 0 Å². The molecule has 0 nitrogen and oxygen atoms in total. The smallest absolute Gasteiger partial charge is 0.0565 e. The number of benzene rings is 1. The molecule has 0 atom stereocenters. The molecule has 1 aromatic carbocycles. The number of halogens is 2. The second kappa shape index (κ2) is 3.77. The van der Waals surface area contributed by atoms with Crippen LogP contribution in [0.2, 0.25) is 10.0 Å². The summed E-state index contributed by atoms with van der Waals surface area (Å²) in [6.07, 6.45) is 0. The lowest BCUT2D eigenvalue weighted by atomic mass is 10.4. The summed E-state index contributed by atoms with van der Waals surface area (Å²) in [5, 5.41) is 1.29. The maximum atomic E-state index is 5.78. The highest BCUT2D eigenvalue weighted by Gasteiger charge is 2.02. The van der Waals surface area contributed by atoms with Gasteiger partial charge in [0.2, 0.25) is 0 Å². The molecule has 10 heavy (non-hydrogen) atoms. The number of thiol groups is 1. The van der Waals surface area contributed by atoms with Crippen LogP contribution in [0.1, 0.15) is 0 Å². The van der Waals surface area contributed by atoms with E-state index < -0.39 is 0 Å². The Kier molecular flexibility index (Phi) is 3.24. The van der Waals surface area contributed by atoms with Crippen LogP contribution in [0.3, 0.4) is 0 Å². The summed E-state index contributed by atoms with van der Waals surface area (Å²) in [5.74, 6) is 0. The van der Waals surface area contributed by atoms with Gasteiger partial charge in [-0.1, -0.05) is 40.1 Å². The van der Waals surface area contributed by atoms with Crippen molar-refractivity contribution in [2.75, 3.05) is 0 Å². The lowest BCUT2D eigenvalue weighted by molar-refractivity contribution is 1.47. The SMILES string of the molecule is SSc1c(Cl)cccc1Cl. The lowest BCUT2D eigenvalue weighted by Gasteiger charge is -1.99. The third-order valence-corrected chi connectivity index (χ3v) is 3.03. The first-order chi connectivity index (χ1) is 4.75. The minimum atomic E-state index is 0.646. The van der Waals surface area contributed by atoms with Crippen molar-refractivity contribution >= 4 is 45.7 Å². The number of hydrogen-bond donors (Lipinski definition) is 1. The minimum absolute atomic E-state index is 0.646. The van der Waals surface area contributed by atoms with Gasteiger partial charge in [0.05, 0.1) is 14.9 Å². The molecule has 4 heteroatoms. The summed E-state index contributed by atoms with van der Waals surface area (Å²) in [6.45, 7) is 0. The predicted octanol–water partition coefficient (Wildman–Crippen LogP) is 3.93. The molecule has 1 rings (SSSR count). The van der Waals surface area contributed by atoms with Gasteiger partial charge in [-0.3, -0.25) is 0 Å². The first kappa shape index (κ1) is 8.60. The fourth-order valence-corrected chi connectivity index (χ4v) is 2.42. The van der Waals surface area contributed by atoms with Gasteiger partial charge in [-0.05, 0) is 12.1 Å². The van der Waals surface area contributed by atoms with Crippen LogP contribution >= 0.6 is 45.7 Å². The van der Waals surface area contributed by atoms with Crippen molar-refractivity contribution in [1.82, 2.24) is 0 Å². The van der Waals surface area contributed by atoms with E-state index in [1.54, 1.807) is 18.2 Å². The van der Waals surface area contributed by atoms with Gasteiger partial charge in [-0.15, -0.1) is 11.7 Å². The standard InChI is InChI=1S/C6H4Cl2S2/c7-4-2-1-3-5(8)6(4)10-9/h1-3,9H. The Bertz CT molecular complexity index is 217. The van der Waals surface area contributed by atoms with E-state index in [2.05, 4.69) is 11.7 Å². The number of hydrogen-bond acceptors (Lipinski definition) is 2. The molecule has 0 bridgehead atoms. The molecular weight excluding hydrogens is 207 g/mol. The molecule has 0 aliphatic rings. The zero-order chi connectivity index (χ0) is 7.56. The Morgan fingerprint density at radius 1 is 1.20 bits per heavy atom. The Balaban J connectivity index is 3.17. The predicted molar refractivity (Wildman–Crippen MR) is 51.3 cm³/mol. The van der Waals surface area contributed by atoms with Crippen LogP contribution < -0.4 is 0 Å². The molecule has 0 aromatic heterocycles. The molecule has 0 unspecified atom stereocenters. The van der Waals surface area contributed by atoms with E-state index in [1.165, 1.54) is 10.8 Å². The normalized spacial score (nSPS) is 9.90. The molecule has 0 N–H and O–H groups in total. The zero-order valence-corrected chi connectivity index (χ0v) is 8.07. The largest absolute Gasteiger partial charge is 0.106 e. The van der Waals surface area contributed by atoms with Crippen LogP contribution in [-0.2, 0) is 0 Å². The lowest BCUT2D eigenvalue weighted by Crippen LogP contribution is -1.71. The Hall–Kier alpha value is 0.500. The van der Waals surface area contributed by atoms with Gasteiger partial charge < -0.3 is 0 Å². The summed E-state index contributed by atoms with van der Waals surface area (Å²) in [6, 6.07) is 5.37. The number of rotatable bonds is 1. The maximum absolute atomic E-state index is 5.78. The van der Waals surface area contributed by atoms with Crippen molar-refractivity contribution in [2.45, 2.75) is 4.90 Å². The van der Waals surface area contributed by atoms with E-state index in [0.717, 1.165) is 4.90 Å². The minimum Gasteiger partial charge on any atom is -0.106 e. The molecule has 1 aromatic rings.